The van der Waals surface area contributed by atoms with Crippen molar-refractivity contribution in [1.82, 2.24) is 15.3 Å². The number of fused-ring (bicyclic) bond motifs is 1. The SMILES string of the molecule is COc1cc2c(Nc3cccc(Cl)c3F)ncnc2cc1O[C@H]1CCNC1.Cl.Cl. The molecule has 4 rings (SSSR count). The summed E-state index contributed by atoms with van der Waals surface area (Å²) >= 11 is 5.86. The number of rotatable bonds is 5. The van der Waals surface area contributed by atoms with E-state index in [2.05, 4.69) is 20.6 Å². The fourth-order valence-corrected chi connectivity index (χ4v) is 3.23. The number of hydrogen-bond acceptors (Lipinski definition) is 6. The van der Waals surface area contributed by atoms with Gasteiger partial charge in [-0.1, -0.05) is 17.7 Å². The van der Waals surface area contributed by atoms with E-state index >= 15 is 0 Å². The number of nitrogens with zero attached hydrogens (tertiary/aromatic N) is 2. The minimum Gasteiger partial charge on any atom is -0.493 e. The first-order valence-corrected chi connectivity index (χ1v) is 8.94. The summed E-state index contributed by atoms with van der Waals surface area (Å²) in [7, 11) is 1.58. The maximum absolute atomic E-state index is 14.2. The standard InChI is InChI=1S/C19H18ClFN4O2.2ClH/c1-26-16-7-12-15(8-17(16)27-11-5-6-22-9-11)23-10-24-19(12)25-14-4-2-3-13(20)18(14)21;;/h2-4,7-8,10-11,22H,5-6,9H2,1H3,(H,23,24,25);2*1H/t11-;;/m0../s1. The van der Waals surface area contributed by atoms with Gasteiger partial charge in [-0.3, -0.25) is 0 Å². The van der Waals surface area contributed by atoms with Gasteiger partial charge in [0.1, 0.15) is 18.2 Å². The number of methoxy groups -OCH3 is 1. The lowest BCUT2D eigenvalue weighted by Gasteiger charge is -2.17. The maximum Gasteiger partial charge on any atom is 0.165 e. The fourth-order valence-electron chi connectivity index (χ4n) is 3.05. The van der Waals surface area contributed by atoms with E-state index in [1.165, 1.54) is 12.4 Å². The van der Waals surface area contributed by atoms with Gasteiger partial charge in [0.05, 0.1) is 23.3 Å². The molecule has 10 heteroatoms. The fraction of sp³-hybridized carbons (Fsp3) is 0.263. The van der Waals surface area contributed by atoms with Crippen LogP contribution in [0.5, 0.6) is 11.5 Å². The molecule has 156 valence electrons. The number of benzene rings is 2. The van der Waals surface area contributed by atoms with Crippen molar-refractivity contribution in [2.75, 3.05) is 25.5 Å². The van der Waals surface area contributed by atoms with Crippen molar-refractivity contribution >= 4 is 58.8 Å². The van der Waals surface area contributed by atoms with Crippen LogP contribution in [0, 0.1) is 5.82 Å². The number of ether oxygens (including phenoxy) is 2. The second kappa shape index (κ2) is 10.1. The van der Waals surface area contributed by atoms with Crippen LogP contribution in [0.4, 0.5) is 15.9 Å². The maximum atomic E-state index is 14.2. The predicted octanol–water partition coefficient (Wildman–Crippen LogP) is 4.76. The molecule has 1 atom stereocenters. The second-order valence-corrected chi connectivity index (χ2v) is 6.61. The molecule has 0 saturated carbocycles. The molecule has 3 aromatic rings. The third-order valence-electron chi connectivity index (χ3n) is 4.43. The van der Waals surface area contributed by atoms with Gasteiger partial charge in [-0.15, -0.1) is 24.8 Å². The van der Waals surface area contributed by atoms with Gasteiger partial charge in [0, 0.05) is 18.0 Å². The van der Waals surface area contributed by atoms with Gasteiger partial charge >= 0.3 is 0 Å². The lowest BCUT2D eigenvalue weighted by molar-refractivity contribution is 0.213. The van der Waals surface area contributed by atoms with E-state index in [1.807, 2.05) is 6.07 Å². The van der Waals surface area contributed by atoms with Crippen molar-refractivity contribution in [2.24, 2.45) is 0 Å². The minimum absolute atomic E-state index is 0. The Kier molecular flexibility index (Phi) is 8.10. The third kappa shape index (κ3) is 4.93. The van der Waals surface area contributed by atoms with Gasteiger partial charge in [-0.25, -0.2) is 14.4 Å². The summed E-state index contributed by atoms with van der Waals surface area (Å²) in [5.41, 5.74) is 0.899. The number of hydrogen-bond donors (Lipinski definition) is 2. The summed E-state index contributed by atoms with van der Waals surface area (Å²) in [4.78, 5) is 8.55. The quantitative estimate of drug-likeness (QED) is 0.571. The Morgan fingerprint density at radius 3 is 2.76 bits per heavy atom. The van der Waals surface area contributed by atoms with Crippen molar-refractivity contribution in [3.8, 4) is 11.5 Å². The van der Waals surface area contributed by atoms with Crippen LogP contribution >= 0.6 is 36.4 Å². The zero-order valence-corrected chi connectivity index (χ0v) is 17.8. The van der Waals surface area contributed by atoms with Crippen LogP contribution < -0.4 is 20.1 Å². The molecule has 1 aliphatic rings. The summed E-state index contributed by atoms with van der Waals surface area (Å²) in [6, 6.07) is 8.35. The Morgan fingerprint density at radius 1 is 1.21 bits per heavy atom. The van der Waals surface area contributed by atoms with E-state index in [0.717, 1.165) is 19.5 Å². The van der Waals surface area contributed by atoms with Crippen LogP contribution in [0.1, 0.15) is 6.42 Å². The second-order valence-electron chi connectivity index (χ2n) is 6.20. The Bertz CT molecular complexity index is 987. The molecule has 2 aromatic carbocycles. The molecule has 2 heterocycles. The average Bonchev–Trinajstić information content (AvgIpc) is 3.18. The highest BCUT2D eigenvalue weighted by Crippen LogP contribution is 2.36. The summed E-state index contributed by atoms with van der Waals surface area (Å²) < 4.78 is 25.8. The summed E-state index contributed by atoms with van der Waals surface area (Å²) in [6.45, 7) is 1.73. The monoisotopic (exact) mass is 460 g/mol. The first kappa shape index (κ1) is 23.2. The van der Waals surface area contributed by atoms with Crippen molar-refractivity contribution in [1.29, 1.82) is 0 Å². The number of nitrogens with one attached hydrogen (secondary N) is 2. The van der Waals surface area contributed by atoms with Crippen LogP contribution in [-0.4, -0.2) is 36.3 Å². The zero-order chi connectivity index (χ0) is 18.8. The van der Waals surface area contributed by atoms with Crippen molar-refractivity contribution in [3.05, 3.63) is 47.5 Å². The highest BCUT2D eigenvalue weighted by molar-refractivity contribution is 6.31. The van der Waals surface area contributed by atoms with Gasteiger partial charge in [-0.05, 0) is 31.2 Å². The molecule has 1 aromatic heterocycles. The smallest absolute Gasteiger partial charge is 0.165 e. The molecule has 2 N–H and O–H groups in total. The van der Waals surface area contributed by atoms with Gasteiger partial charge in [0.15, 0.2) is 17.3 Å². The van der Waals surface area contributed by atoms with Crippen LogP contribution in [0.3, 0.4) is 0 Å². The summed E-state index contributed by atoms with van der Waals surface area (Å²) in [5, 5.41) is 6.97. The average molecular weight is 462 g/mol. The minimum atomic E-state index is -0.536. The molecule has 0 spiro atoms. The molecule has 1 fully saturated rings. The van der Waals surface area contributed by atoms with E-state index in [-0.39, 0.29) is 41.6 Å². The third-order valence-corrected chi connectivity index (χ3v) is 4.73. The van der Waals surface area contributed by atoms with E-state index in [9.17, 15) is 4.39 Å². The normalized spacial score (nSPS) is 15.3. The van der Waals surface area contributed by atoms with Crippen LogP contribution in [0.2, 0.25) is 5.02 Å². The Balaban J connectivity index is 0.00000150. The predicted molar refractivity (Wildman–Crippen MR) is 117 cm³/mol. The first-order chi connectivity index (χ1) is 13.2. The molecule has 0 radical (unpaired) electrons. The van der Waals surface area contributed by atoms with Gasteiger partial charge in [0.25, 0.3) is 0 Å². The van der Waals surface area contributed by atoms with Gasteiger partial charge in [-0.2, -0.15) is 0 Å². The van der Waals surface area contributed by atoms with Gasteiger partial charge < -0.3 is 20.1 Å². The Labute approximate surface area is 185 Å². The number of anilines is 2. The molecule has 29 heavy (non-hydrogen) atoms. The number of aromatic nitrogens is 2. The van der Waals surface area contributed by atoms with E-state index < -0.39 is 5.82 Å². The molecule has 0 bridgehead atoms. The van der Waals surface area contributed by atoms with Crippen LogP contribution in [0.25, 0.3) is 10.9 Å². The van der Waals surface area contributed by atoms with Crippen LogP contribution in [0.15, 0.2) is 36.7 Å². The summed E-state index contributed by atoms with van der Waals surface area (Å²) in [6.07, 6.45) is 2.45. The van der Waals surface area contributed by atoms with Crippen molar-refractivity contribution in [3.63, 3.8) is 0 Å². The lowest BCUT2D eigenvalue weighted by atomic mass is 10.2. The first-order valence-electron chi connectivity index (χ1n) is 8.57. The lowest BCUT2D eigenvalue weighted by Crippen LogP contribution is -2.19. The molecule has 0 amide bonds. The topological polar surface area (TPSA) is 68.3 Å². The number of halogens is 4. The molecular weight excluding hydrogens is 442 g/mol. The molecular formula is C19H20Cl3FN4O2. The Morgan fingerprint density at radius 2 is 2.03 bits per heavy atom. The van der Waals surface area contributed by atoms with Gasteiger partial charge in [0.2, 0.25) is 0 Å². The highest BCUT2D eigenvalue weighted by Gasteiger charge is 2.19. The van der Waals surface area contributed by atoms with E-state index in [0.29, 0.717) is 28.2 Å². The highest BCUT2D eigenvalue weighted by atomic mass is 35.5. The molecule has 1 aliphatic heterocycles. The summed E-state index contributed by atoms with van der Waals surface area (Å²) in [5.74, 6) is 1.11. The van der Waals surface area contributed by atoms with Crippen LogP contribution in [-0.2, 0) is 0 Å². The molecule has 6 nitrogen and oxygen atoms in total. The molecule has 1 saturated heterocycles. The molecule has 0 aliphatic carbocycles. The van der Waals surface area contributed by atoms with Crippen molar-refractivity contribution in [2.45, 2.75) is 12.5 Å². The van der Waals surface area contributed by atoms with E-state index in [1.54, 1.807) is 25.3 Å². The molecule has 0 unspecified atom stereocenters. The Hall–Kier alpha value is -2.06. The van der Waals surface area contributed by atoms with E-state index in [4.69, 9.17) is 21.1 Å². The largest absolute Gasteiger partial charge is 0.493 e. The van der Waals surface area contributed by atoms with Crippen molar-refractivity contribution < 1.29 is 13.9 Å². The zero-order valence-electron chi connectivity index (χ0n) is 15.4.